The highest BCUT2D eigenvalue weighted by Gasteiger charge is 2.40. The summed E-state index contributed by atoms with van der Waals surface area (Å²) in [7, 11) is 0. The Balaban J connectivity index is 1.00. The highest BCUT2D eigenvalue weighted by atomic mass is 16.2. The van der Waals surface area contributed by atoms with Gasteiger partial charge in [-0.2, -0.15) is 0 Å². The van der Waals surface area contributed by atoms with E-state index in [2.05, 4.69) is 0 Å². The van der Waals surface area contributed by atoms with Gasteiger partial charge in [-0.25, -0.2) is 0 Å². The van der Waals surface area contributed by atoms with Crippen LogP contribution in [0.15, 0.2) is 97.1 Å². The highest BCUT2D eigenvalue weighted by Crippen LogP contribution is 2.27. The Morgan fingerprint density at radius 3 is 0.517 bits per heavy atom. The molecule has 0 atom stereocenters. The fraction of sp³-hybridized carbons (Fsp3) is 0.273. The van der Waals surface area contributed by atoms with Crippen LogP contribution in [0.25, 0.3) is 0 Å². The first-order valence-electron chi connectivity index (χ1n) is 19.8. The number of carbonyl (C=O) groups is 8. The molecule has 0 spiro atoms. The minimum atomic E-state index is -0.420. The van der Waals surface area contributed by atoms with E-state index in [4.69, 9.17) is 0 Å². The smallest absolute Gasteiger partial charge is 0.262 e. The predicted octanol–water partition coefficient (Wildman–Crippen LogP) is 2.22. The van der Waals surface area contributed by atoms with Gasteiger partial charge in [-0.15, -0.1) is 0 Å². The van der Waals surface area contributed by atoms with E-state index in [0.717, 1.165) is 0 Å². The summed E-state index contributed by atoms with van der Waals surface area (Å²) in [5.41, 5.74) is 2.51. The van der Waals surface area contributed by atoms with E-state index in [9.17, 15) is 38.4 Å². The standard InChI is InChI=1S/C44H40N8O8/c53-37-29-9-1-2-10-30(29)38(54)49(37)25-45-17-19-46(26-50-39(55)31-11-3-4-12-32(31)40(50)56)21-23-48(28-52-43(59)35-15-7-8-16-36(35)44(52)60)24-22-47(20-18-45)27-51-41(57)33-13-5-6-14-34(33)42(51)58/h1-16H,17-28H2. The lowest BCUT2D eigenvalue weighted by molar-refractivity contribution is 0.0320. The number of amides is 8. The molecule has 8 amide bonds. The topological polar surface area (TPSA) is 162 Å². The largest absolute Gasteiger partial charge is 0.283 e. The van der Waals surface area contributed by atoms with E-state index in [1.54, 1.807) is 97.1 Å². The second-order valence-corrected chi connectivity index (χ2v) is 15.4. The summed E-state index contributed by atoms with van der Waals surface area (Å²) in [6, 6.07) is 26.6. The molecule has 60 heavy (non-hydrogen) atoms. The molecule has 0 unspecified atom stereocenters. The molecule has 0 saturated carbocycles. The van der Waals surface area contributed by atoms with Crippen LogP contribution in [0.5, 0.6) is 0 Å². The molecule has 0 aromatic heterocycles. The summed E-state index contributed by atoms with van der Waals surface area (Å²) >= 11 is 0. The van der Waals surface area contributed by atoms with Gasteiger partial charge in [0.25, 0.3) is 47.3 Å². The van der Waals surface area contributed by atoms with Crippen molar-refractivity contribution in [1.82, 2.24) is 39.2 Å². The Morgan fingerprint density at radius 2 is 0.383 bits per heavy atom. The lowest BCUT2D eigenvalue weighted by Crippen LogP contribution is -2.53. The quantitative estimate of drug-likeness (QED) is 0.239. The predicted molar refractivity (Wildman–Crippen MR) is 214 cm³/mol. The molecule has 1 saturated heterocycles. The number of hydrogen-bond donors (Lipinski definition) is 0. The van der Waals surface area contributed by atoms with Crippen molar-refractivity contribution in [2.24, 2.45) is 0 Å². The summed E-state index contributed by atoms with van der Waals surface area (Å²) in [5, 5.41) is 0. The van der Waals surface area contributed by atoms with Gasteiger partial charge in [0.15, 0.2) is 0 Å². The molecule has 0 aliphatic carbocycles. The number of hydrogen-bond acceptors (Lipinski definition) is 12. The van der Waals surface area contributed by atoms with Gasteiger partial charge in [-0.05, 0) is 48.5 Å². The van der Waals surface area contributed by atoms with Crippen LogP contribution in [-0.2, 0) is 0 Å². The molecule has 0 bridgehead atoms. The van der Waals surface area contributed by atoms with Gasteiger partial charge in [0.1, 0.15) is 0 Å². The maximum atomic E-state index is 13.5. The van der Waals surface area contributed by atoms with Crippen LogP contribution in [0.3, 0.4) is 0 Å². The van der Waals surface area contributed by atoms with E-state index in [-0.39, 0.29) is 79.0 Å². The monoisotopic (exact) mass is 808 g/mol. The molecule has 9 rings (SSSR count). The van der Waals surface area contributed by atoms with E-state index < -0.39 is 47.3 Å². The third-order valence-electron chi connectivity index (χ3n) is 11.8. The van der Waals surface area contributed by atoms with Gasteiger partial charge >= 0.3 is 0 Å². The zero-order chi connectivity index (χ0) is 41.7. The van der Waals surface area contributed by atoms with Crippen LogP contribution in [0.1, 0.15) is 82.9 Å². The van der Waals surface area contributed by atoms with Crippen molar-refractivity contribution < 1.29 is 38.4 Å². The first-order chi connectivity index (χ1) is 29.1. The van der Waals surface area contributed by atoms with E-state index in [0.29, 0.717) is 44.5 Å². The van der Waals surface area contributed by atoms with Crippen molar-refractivity contribution in [2.75, 3.05) is 79.0 Å². The van der Waals surface area contributed by atoms with Crippen LogP contribution < -0.4 is 0 Å². The lowest BCUT2D eigenvalue weighted by Gasteiger charge is -2.37. The summed E-state index contributed by atoms with van der Waals surface area (Å²) in [6.45, 7) is 2.08. The van der Waals surface area contributed by atoms with Gasteiger partial charge in [-0.1, -0.05) is 48.5 Å². The van der Waals surface area contributed by atoms with Crippen LogP contribution in [0.2, 0.25) is 0 Å². The van der Waals surface area contributed by atoms with Gasteiger partial charge in [0.05, 0.1) is 71.2 Å². The van der Waals surface area contributed by atoms with Gasteiger partial charge < -0.3 is 0 Å². The molecule has 0 radical (unpaired) electrons. The summed E-state index contributed by atoms with van der Waals surface area (Å²) in [6.07, 6.45) is 0. The molecule has 4 aromatic carbocycles. The molecule has 5 aliphatic rings. The average Bonchev–Trinajstić information content (AvgIpc) is 3.85. The molecule has 1 fully saturated rings. The van der Waals surface area contributed by atoms with Crippen molar-refractivity contribution >= 4 is 47.3 Å². The van der Waals surface area contributed by atoms with Crippen molar-refractivity contribution in [2.45, 2.75) is 0 Å². The minimum absolute atomic E-state index is 0.0556. The number of rotatable bonds is 8. The Hall–Kier alpha value is -6.72. The van der Waals surface area contributed by atoms with Crippen molar-refractivity contribution in [3.05, 3.63) is 142 Å². The SMILES string of the molecule is O=C1c2ccccc2C(=O)N1CN1CCN(CN2C(=O)c3ccccc3C2=O)CCN(CN2C(=O)c3ccccc3C2=O)CCN(CN2C(=O)c3ccccc3C2=O)CC1. The molecule has 16 heteroatoms. The lowest BCUT2D eigenvalue weighted by atomic mass is 10.1. The highest BCUT2D eigenvalue weighted by molar-refractivity contribution is 6.23. The van der Waals surface area contributed by atoms with Gasteiger partial charge in [0.2, 0.25) is 0 Å². The number of carbonyl (C=O) groups excluding carboxylic acids is 8. The summed E-state index contributed by atoms with van der Waals surface area (Å²) < 4.78 is 0. The van der Waals surface area contributed by atoms with Crippen LogP contribution >= 0.6 is 0 Å². The molecule has 5 heterocycles. The van der Waals surface area contributed by atoms with E-state index >= 15 is 0 Å². The van der Waals surface area contributed by atoms with Crippen LogP contribution in [0.4, 0.5) is 0 Å². The Kier molecular flexibility index (Phi) is 10.2. The zero-order valence-corrected chi connectivity index (χ0v) is 32.6. The Bertz CT molecular complexity index is 2010. The van der Waals surface area contributed by atoms with Crippen molar-refractivity contribution in [3.63, 3.8) is 0 Å². The second-order valence-electron chi connectivity index (χ2n) is 15.4. The maximum absolute atomic E-state index is 13.5. The van der Waals surface area contributed by atoms with Crippen molar-refractivity contribution in [3.8, 4) is 0 Å². The molecular weight excluding hydrogens is 769 g/mol. The number of nitrogens with zero attached hydrogens (tertiary/aromatic N) is 8. The first kappa shape index (κ1) is 38.8. The molecule has 5 aliphatic heterocycles. The Labute approximate surface area is 344 Å². The first-order valence-corrected chi connectivity index (χ1v) is 19.8. The second kappa shape index (κ2) is 15.8. The third kappa shape index (κ3) is 6.88. The van der Waals surface area contributed by atoms with E-state index in [1.165, 1.54) is 19.6 Å². The Morgan fingerprint density at radius 1 is 0.250 bits per heavy atom. The summed E-state index contributed by atoms with van der Waals surface area (Å²) in [5.74, 6) is -3.36. The molecular formula is C44H40N8O8. The normalized spacial score (nSPS) is 19.6. The number of imide groups is 4. The number of benzene rings is 4. The van der Waals surface area contributed by atoms with Crippen LogP contribution in [0, 0.1) is 0 Å². The molecule has 0 N–H and O–H groups in total. The molecule has 304 valence electrons. The van der Waals surface area contributed by atoms with Gasteiger partial charge in [-0.3, -0.25) is 77.6 Å². The maximum Gasteiger partial charge on any atom is 0.262 e. The summed E-state index contributed by atoms with van der Waals surface area (Å²) in [4.78, 5) is 121. The minimum Gasteiger partial charge on any atom is -0.283 e. The molecule has 16 nitrogen and oxygen atoms in total. The zero-order valence-electron chi connectivity index (χ0n) is 32.6. The average molecular weight is 809 g/mol. The van der Waals surface area contributed by atoms with Crippen LogP contribution in [-0.4, -0.2) is 165 Å². The van der Waals surface area contributed by atoms with E-state index in [1.807, 2.05) is 19.6 Å². The number of fused-ring (bicyclic) bond motifs is 4. The fourth-order valence-electron chi connectivity index (χ4n) is 8.41. The third-order valence-corrected chi connectivity index (χ3v) is 11.8. The molecule has 4 aromatic rings. The van der Waals surface area contributed by atoms with Crippen molar-refractivity contribution in [1.29, 1.82) is 0 Å². The van der Waals surface area contributed by atoms with Gasteiger partial charge in [0, 0.05) is 52.4 Å². The fourth-order valence-corrected chi connectivity index (χ4v) is 8.41.